The molecule has 0 unspecified atom stereocenters. The van der Waals surface area contributed by atoms with Gasteiger partial charge in [-0.1, -0.05) is 50.1 Å². The van der Waals surface area contributed by atoms with E-state index in [1.807, 2.05) is 72.8 Å². The minimum absolute atomic E-state index is 0.220. The molecule has 8 nitrogen and oxygen atoms in total. The smallest absolute Gasteiger partial charge is 0.227 e. The zero-order valence-corrected chi connectivity index (χ0v) is 25.9. The van der Waals surface area contributed by atoms with Crippen LogP contribution in [0.3, 0.4) is 0 Å². The lowest BCUT2D eigenvalue weighted by Gasteiger charge is -2.08. The fourth-order valence-electron chi connectivity index (χ4n) is 3.56. The van der Waals surface area contributed by atoms with E-state index in [2.05, 4.69) is 63.2 Å². The van der Waals surface area contributed by atoms with Gasteiger partial charge in [0.05, 0.1) is 20.3 Å². The molecule has 3 N–H and O–H groups in total. The van der Waals surface area contributed by atoms with Crippen molar-refractivity contribution in [1.29, 1.82) is 0 Å². The predicted octanol–water partition coefficient (Wildman–Crippen LogP) is 7.96. The number of nitrogens with one attached hydrogen (secondary N) is 1. The SMILES string of the molecule is COc1cc(Br)cc2cnc(Cl)nc12.COc1cc(Br)cc2cnc(Nc3ccccc3)nc12.NC1=CC=C[C+]=C1. The van der Waals surface area contributed by atoms with Crippen LogP contribution in [0, 0.1) is 6.08 Å². The molecule has 2 aromatic heterocycles. The fraction of sp³-hybridized carbons (Fsp3) is 0.0667. The van der Waals surface area contributed by atoms with Crippen LogP contribution < -0.4 is 20.5 Å². The van der Waals surface area contributed by atoms with Crippen LogP contribution in [-0.4, -0.2) is 34.2 Å². The van der Waals surface area contributed by atoms with Crippen molar-refractivity contribution in [2.24, 2.45) is 5.73 Å². The van der Waals surface area contributed by atoms with E-state index in [0.29, 0.717) is 17.4 Å². The van der Waals surface area contributed by atoms with Crippen LogP contribution in [-0.2, 0) is 0 Å². The van der Waals surface area contributed by atoms with Crippen molar-refractivity contribution in [3.63, 3.8) is 0 Å². The van der Waals surface area contributed by atoms with Gasteiger partial charge in [0.2, 0.25) is 11.2 Å². The fourth-order valence-corrected chi connectivity index (χ4v) is 4.61. The van der Waals surface area contributed by atoms with Crippen LogP contribution in [0.4, 0.5) is 11.6 Å². The Bertz CT molecular complexity index is 1750. The molecular formula is C30H24Br2ClN6O2+. The maximum atomic E-state index is 5.70. The normalized spacial score (nSPS) is 11.4. The number of allylic oxidation sites excluding steroid dienone is 5. The second-order valence-electron chi connectivity index (χ2n) is 8.25. The van der Waals surface area contributed by atoms with Crippen molar-refractivity contribution >= 4 is 76.9 Å². The Labute approximate surface area is 259 Å². The lowest BCUT2D eigenvalue weighted by atomic mass is 10.2. The molecule has 206 valence electrons. The number of benzene rings is 3. The van der Waals surface area contributed by atoms with Crippen molar-refractivity contribution in [2.45, 2.75) is 0 Å². The highest BCUT2D eigenvalue weighted by Crippen LogP contribution is 2.30. The van der Waals surface area contributed by atoms with E-state index in [1.54, 1.807) is 32.7 Å². The van der Waals surface area contributed by atoms with Crippen molar-refractivity contribution in [3.8, 4) is 11.5 Å². The first-order valence-corrected chi connectivity index (χ1v) is 14.0. The van der Waals surface area contributed by atoms with Gasteiger partial charge in [0, 0.05) is 50.0 Å². The summed E-state index contributed by atoms with van der Waals surface area (Å²) >= 11 is 12.5. The average molecular weight is 696 g/mol. The molecule has 11 heteroatoms. The number of halogens is 3. The molecule has 2 heterocycles. The molecule has 0 fully saturated rings. The van der Waals surface area contributed by atoms with E-state index in [9.17, 15) is 0 Å². The van der Waals surface area contributed by atoms with Crippen molar-refractivity contribution in [3.05, 3.63) is 117 Å². The van der Waals surface area contributed by atoms with Gasteiger partial charge in [-0.3, -0.25) is 0 Å². The molecule has 0 saturated carbocycles. The molecule has 0 bridgehead atoms. The summed E-state index contributed by atoms with van der Waals surface area (Å²) in [7, 11) is 3.23. The van der Waals surface area contributed by atoms with Crippen LogP contribution in [0.2, 0.25) is 5.28 Å². The Morgan fingerprint density at radius 2 is 1.46 bits per heavy atom. The van der Waals surface area contributed by atoms with Gasteiger partial charge in [-0.15, -0.1) is 0 Å². The van der Waals surface area contributed by atoms with Crippen LogP contribution in [0.5, 0.6) is 11.5 Å². The molecule has 1 aliphatic carbocycles. The maximum absolute atomic E-state index is 5.70. The number of fused-ring (bicyclic) bond motifs is 2. The first-order valence-electron chi connectivity index (χ1n) is 12.1. The van der Waals surface area contributed by atoms with Crippen LogP contribution in [0.1, 0.15) is 0 Å². The van der Waals surface area contributed by atoms with Gasteiger partial charge in [-0.05, 0) is 48.0 Å². The summed E-state index contributed by atoms with van der Waals surface area (Å²) in [5.41, 5.74) is 8.54. The topological polar surface area (TPSA) is 108 Å². The number of rotatable bonds is 4. The van der Waals surface area contributed by atoms with Gasteiger partial charge < -0.3 is 20.5 Å². The number of methoxy groups -OCH3 is 2. The number of nitrogens with zero attached hydrogens (tertiary/aromatic N) is 4. The van der Waals surface area contributed by atoms with E-state index >= 15 is 0 Å². The highest BCUT2D eigenvalue weighted by atomic mass is 79.9. The minimum atomic E-state index is 0.220. The standard InChI is InChI=1S/C15H12BrN3O.C9H6BrClN2O.C6H6N/c1-20-13-8-11(16)7-10-9-17-15(19-14(10)13)18-12-5-3-2-4-6-12;1-14-7-3-6(10)2-5-4-12-9(11)13-8(5)7;7-6-4-2-1-3-5-6/h2-9H,1H3,(H,17,18,19);2-4H,1H3;1-2,4-5H,7H2/q;;+1. The number of nitrogens with two attached hydrogens (primary N) is 1. The molecule has 0 aliphatic heterocycles. The summed E-state index contributed by atoms with van der Waals surface area (Å²) in [6, 6.07) is 17.4. The number of aromatic nitrogens is 4. The average Bonchev–Trinajstić information content (AvgIpc) is 2.98. The molecule has 5 aromatic rings. The first-order chi connectivity index (χ1) is 19.9. The Hall–Kier alpha value is -4.08. The summed E-state index contributed by atoms with van der Waals surface area (Å²) in [6.07, 6.45) is 13.5. The van der Waals surface area contributed by atoms with Crippen LogP contribution in [0.25, 0.3) is 21.8 Å². The quantitative estimate of drug-likeness (QED) is 0.144. The molecule has 1 aliphatic rings. The van der Waals surface area contributed by atoms with Gasteiger partial charge in [0.25, 0.3) is 0 Å². The zero-order chi connectivity index (χ0) is 29.2. The number of hydrogen-bond donors (Lipinski definition) is 2. The highest BCUT2D eigenvalue weighted by Gasteiger charge is 2.08. The molecule has 0 spiro atoms. The first kappa shape index (κ1) is 29.9. The van der Waals surface area contributed by atoms with E-state index in [4.69, 9.17) is 26.8 Å². The van der Waals surface area contributed by atoms with Gasteiger partial charge in [-0.2, -0.15) is 0 Å². The third kappa shape index (κ3) is 8.45. The molecule has 0 saturated heterocycles. The Balaban J connectivity index is 0.000000159. The Morgan fingerprint density at radius 3 is 2.00 bits per heavy atom. The monoisotopic (exact) mass is 693 g/mol. The second-order valence-corrected chi connectivity index (χ2v) is 10.4. The second kappa shape index (κ2) is 14.5. The molecule has 41 heavy (non-hydrogen) atoms. The van der Waals surface area contributed by atoms with Crippen molar-refractivity contribution in [2.75, 3.05) is 19.5 Å². The molecule has 6 rings (SSSR count). The predicted molar refractivity (Wildman–Crippen MR) is 172 cm³/mol. The lowest BCUT2D eigenvalue weighted by Crippen LogP contribution is -1.98. The Kier molecular flexibility index (Phi) is 10.6. The molecule has 0 atom stereocenters. The lowest BCUT2D eigenvalue weighted by molar-refractivity contribution is 0.418. The maximum Gasteiger partial charge on any atom is 0.227 e. The zero-order valence-electron chi connectivity index (χ0n) is 22.0. The number of ether oxygens (including phenoxy) is 2. The summed E-state index contributed by atoms with van der Waals surface area (Å²) in [5, 5.41) is 5.21. The largest absolute Gasteiger partial charge is 0.494 e. The number of para-hydroxylation sites is 1. The third-order valence-corrected chi connectivity index (χ3v) is 6.49. The van der Waals surface area contributed by atoms with Gasteiger partial charge in [0.15, 0.2) is 0 Å². The van der Waals surface area contributed by atoms with E-state index < -0.39 is 0 Å². The summed E-state index contributed by atoms with van der Waals surface area (Å²) in [5.74, 6) is 1.94. The molecular weight excluding hydrogens is 672 g/mol. The third-order valence-electron chi connectivity index (χ3n) is 5.40. The summed E-state index contributed by atoms with van der Waals surface area (Å²) < 4.78 is 12.4. The summed E-state index contributed by atoms with van der Waals surface area (Å²) in [6.45, 7) is 0. The highest BCUT2D eigenvalue weighted by molar-refractivity contribution is 9.10. The molecule has 3 aromatic carbocycles. The van der Waals surface area contributed by atoms with E-state index in [1.165, 1.54) is 0 Å². The van der Waals surface area contributed by atoms with Gasteiger partial charge >= 0.3 is 0 Å². The van der Waals surface area contributed by atoms with Crippen molar-refractivity contribution < 1.29 is 9.47 Å². The van der Waals surface area contributed by atoms with Crippen LogP contribution in [0.15, 0.2) is 106 Å². The molecule has 0 amide bonds. The Morgan fingerprint density at radius 1 is 0.854 bits per heavy atom. The summed E-state index contributed by atoms with van der Waals surface area (Å²) in [4.78, 5) is 16.8. The minimum Gasteiger partial charge on any atom is -0.494 e. The molecule has 0 radical (unpaired) electrons. The van der Waals surface area contributed by atoms with Crippen molar-refractivity contribution in [1.82, 2.24) is 19.9 Å². The number of anilines is 2. The van der Waals surface area contributed by atoms with Gasteiger partial charge in [0.1, 0.15) is 40.4 Å². The van der Waals surface area contributed by atoms with E-state index in [-0.39, 0.29) is 5.28 Å². The van der Waals surface area contributed by atoms with Gasteiger partial charge in [-0.25, -0.2) is 19.9 Å². The van der Waals surface area contributed by atoms with E-state index in [0.717, 1.165) is 42.1 Å². The van der Waals surface area contributed by atoms with Crippen LogP contribution >= 0.6 is 43.5 Å². The number of hydrogen-bond acceptors (Lipinski definition) is 8.